The van der Waals surface area contributed by atoms with E-state index in [1.807, 2.05) is 36.4 Å². The molecule has 0 spiro atoms. The van der Waals surface area contributed by atoms with Gasteiger partial charge in [0.05, 0.1) is 40.4 Å². The van der Waals surface area contributed by atoms with Crippen LogP contribution in [0.5, 0.6) is 23.0 Å². The first-order chi connectivity index (χ1) is 18.5. The van der Waals surface area contributed by atoms with Crippen molar-refractivity contribution in [1.82, 2.24) is 0 Å². The van der Waals surface area contributed by atoms with E-state index in [9.17, 15) is 0 Å². The van der Waals surface area contributed by atoms with E-state index in [4.69, 9.17) is 69.2 Å². The smallest absolute Gasteiger partial charge is 0.161 e. The van der Waals surface area contributed by atoms with E-state index in [-0.39, 0.29) is 36.9 Å². The van der Waals surface area contributed by atoms with E-state index in [1.165, 1.54) is 0 Å². The summed E-state index contributed by atoms with van der Waals surface area (Å²) in [6, 6.07) is 11.2. The van der Waals surface area contributed by atoms with E-state index in [0.29, 0.717) is 29.6 Å². The van der Waals surface area contributed by atoms with Crippen LogP contribution in [0.25, 0.3) is 0 Å². The summed E-state index contributed by atoms with van der Waals surface area (Å²) in [5.41, 5.74) is 1.90. The summed E-state index contributed by atoms with van der Waals surface area (Å²) >= 11 is 9.53. The van der Waals surface area contributed by atoms with Gasteiger partial charge in [0.15, 0.2) is 23.0 Å². The largest absolute Gasteiger partial charge is 0.493 e. The Bertz CT molecular complexity index is 1060. The summed E-state index contributed by atoms with van der Waals surface area (Å²) in [7, 11) is 6.39. The maximum Gasteiger partial charge on any atom is 0.161 e. The molecule has 1 saturated heterocycles. The number of alkyl halides is 2. The predicted molar refractivity (Wildman–Crippen MR) is 151 cm³/mol. The summed E-state index contributed by atoms with van der Waals surface area (Å²) in [6.07, 6.45) is 11.8. The summed E-state index contributed by atoms with van der Waals surface area (Å²) in [4.78, 5) is 0. The standard InChI is InChI=1S/C14H16O4.C14H16O3.CH2Cl2/c1-4-7-17-14(13-9-18-13)10-5-6-11(15-2)12(8-10)16-3;1-5-9-17-12(6-2)11-7-8-13(15-3)14(10-11)16-4;2-1-3/h1,5-6,8,13-14H,7,9H2,2-3H3;1,6-8,10,12H,2,9H2,3-4H3;1H2/t13?,14-;12-;/m10./s1. The first kappa shape index (κ1) is 33.0. The summed E-state index contributed by atoms with van der Waals surface area (Å²) in [5.74, 6) is 7.59. The maximum atomic E-state index is 5.62. The zero-order valence-corrected chi connectivity index (χ0v) is 23.6. The molecule has 7 nitrogen and oxygen atoms in total. The van der Waals surface area contributed by atoms with Gasteiger partial charge in [-0.15, -0.1) is 42.6 Å². The molecule has 1 aliphatic heterocycles. The lowest BCUT2D eigenvalue weighted by Crippen LogP contribution is -2.11. The summed E-state index contributed by atoms with van der Waals surface area (Å²) in [5, 5.41) is 0.194. The number of terminal acetylenes is 2. The van der Waals surface area contributed by atoms with Gasteiger partial charge < -0.3 is 33.2 Å². The van der Waals surface area contributed by atoms with Crippen LogP contribution in [0.1, 0.15) is 23.3 Å². The predicted octanol–water partition coefficient (Wildman–Crippen LogP) is 5.80. The van der Waals surface area contributed by atoms with Crippen molar-refractivity contribution in [3.63, 3.8) is 0 Å². The molecule has 3 rings (SSSR count). The van der Waals surface area contributed by atoms with Crippen molar-refractivity contribution in [3.05, 3.63) is 60.2 Å². The molecule has 0 radical (unpaired) electrons. The van der Waals surface area contributed by atoms with Crippen LogP contribution in [0.3, 0.4) is 0 Å². The zero-order valence-electron chi connectivity index (χ0n) is 22.1. The van der Waals surface area contributed by atoms with Gasteiger partial charge in [-0.1, -0.05) is 30.0 Å². The van der Waals surface area contributed by atoms with Crippen LogP contribution < -0.4 is 18.9 Å². The molecule has 9 heteroatoms. The molecule has 1 heterocycles. The topological polar surface area (TPSA) is 67.9 Å². The number of halogens is 2. The lowest BCUT2D eigenvalue weighted by Gasteiger charge is -2.16. The quantitative estimate of drug-likeness (QED) is 0.140. The molecule has 0 saturated carbocycles. The molecule has 0 aliphatic carbocycles. The fraction of sp³-hybridized carbons (Fsp3) is 0.379. The zero-order chi connectivity index (χ0) is 28.3. The number of rotatable bonds is 12. The van der Waals surface area contributed by atoms with Gasteiger partial charge in [-0.25, -0.2) is 0 Å². The lowest BCUT2D eigenvalue weighted by molar-refractivity contribution is 0.0540. The van der Waals surface area contributed by atoms with Gasteiger partial charge in [0, 0.05) is 0 Å². The monoisotopic (exact) mass is 564 g/mol. The number of methoxy groups -OCH3 is 4. The highest BCUT2D eigenvalue weighted by atomic mass is 35.5. The Morgan fingerprint density at radius 1 is 0.868 bits per heavy atom. The van der Waals surface area contributed by atoms with Gasteiger partial charge >= 0.3 is 0 Å². The Balaban J connectivity index is 0.000000345. The van der Waals surface area contributed by atoms with Gasteiger partial charge in [-0.2, -0.15) is 0 Å². The minimum Gasteiger partial charge on any atom is -0.493 e. The summed E-state index contributed by atoms with van der Waals surface area (Å²) < 4.78 is 37.2. The molecule has 38 heavy (non-hydrogen) atoms. The Morgan fingerprint density at radius 3 is 1.74 bits per heavy atom. The van der Waals surface area contributed by atoms with Crippen LogP contribution in [0.15, 0.2) is 49.1 Å². The van der Waals surface area contributed by atoms with Gasteiger partial charge in [0.2, 0.25) is 0 Å². The van der Waals surface area contributed by atoms with E-state index in [2.05, 4.69) is 18.4 Å². The third kappa shape index (κ3) is 10.8. The molecular weight excluding hydrogens is 531 g/mol. The van der Waals surface area contributed by atoms with Crippen LogP contribution in [-0.4, -0.2) is 59.7 Å². The maximum absolute atomic E-state index is 5.62. The van der Waals surface area contributed by atoms with Crippen LogP contribution in [-0.2, 0) is 14.2 Å². The molecule has 1 unspecified atom stereocenters. The lowest BCUT2D eigenvalue weighted by atomic mass is 10.1. The van der Waals surface area contributed by atoms with Crippen LogP contribution in [0, 0.1) is 24.7 Å². The van der Waals surface area contributed by atoms with Crippen LogP contribution in [0.2, 0.25) is 0 Å². The SMILES string of the molecule is C#CCO[C@@H](C=C)c1ccc(OC)c(OC)c1.C#CCO[C@H](c1ccc(OC)c(OC)c1)C1CO1.ClCCl. The number of hydrogen-bond acceptors (Lipinski definition) is 7. The van der Waals surface area contributed by atoms with Crippen molar-refractivity contribution in [1.29, 1.82) is 0 Å². The third-order valence-electron chi connectivity index (χ3n) is 5.08. The molecule has 1 aliphatic rings. The fourth-order valence-corrected chi connectivity index (χ4v) is 3.28. The minimum atomic E-state index is -0.245. The highest BCUT2D eigenvalue weighted by Crippen LogP contribution is 2.36. The second kappa shape index (κ2) is 19.1. The summed E-state index contributed by atoms with van der Waals surface area (Å²) in [6.45, 7) is 4.92. The molecule has 3 atom stereocenters. The average molecular weight is 565 g/mol. The molecule has 206 valence electrons. The Labute approximate surface area is 235 Å². The highest BCUT2D eigenvalue weighted by molar-refractivity contribution is 6.40. The number of ether oxygens (including phenoxy) is 7. The van der Waals surface area contributed by atoms with Crippen molar-refractivity contribution in [3.8, 4) is 47.7 Å². The first-order valence-corrected chi connectivity index (χ1v) is 12.4. The highest BCUT2D eigenvalue weighted by Gasteiger charge is 2.35. The molecule has 0 bridgehead atoms. The second-order valence-electron chi connectivity index (χ2n) is 7.31. The van der Waals surface area contributed by atoms with Gasteiger partial charge in [0.25, 0.3) is 0 Å². The van der Waals surface area contributed by atoms with Crippen molar-refractivity contribution in [2.75, 3.05) is 53.6 Å². The normalized spacial score (nSPS) is 14.5. The first-order valence-electron chi connectivity index (χ1n) is 11.4. The molecule has 2 aromatic rings. The molecule has 0 N–H and O–H groups in total. The van der Waals surface area contributed by atoms with Crippen molar-refractivity contribution in [2.45, 2.75) is 18.3 Å². The van der Waals surface area contributed by atoms with Crippen molar-refractivity contribution >= 4 is 23.2 Å². The molecule has 2 aromatic carbocycles. The van der Waals surface area contributed by atoms with Crippen LogP contribution >= 0.6 is 23.2 Å². The van der Waals surface area contributed by atoms with Crippen LogP contribution in [0.4, 0.5) is 0 Å². The second-order valence-corrected chi connectivity index (χ2v) is 8.12. The third-order valence-corrected chi connectivity index (χ3v) is 5.08. The van der Waals surface area contributed by atoms with E-state index in [0.717, 1.165) is 11.1 Å². The average Bonchev–Trinajstić information content (AvgIpc) is 3.79. The van der Waals surface area contributed by atoms with E-state index in [1.54, 1.807) is 34.5 Å². The number of hydrogen-bond donors (Lipinski definition) is 0. The van der Waals surface area contributed by atoms with E-state index < -0.39 is 0 Å². The molecular formula is C29H34Cl2O7. The number of epoxide rings is 1. The van der Waals surface area contributed by atoms with Crippen molar-refractivity contribution < 1.29 is 33.2 Å². The Morgan fingerprint density at radius 2 is 1.32 bits per heavy atom. The van der Waals surface area contributed by atoms with Gasteiger partial charge in [0.1, 0.15) is 31.5 Å². The molecule has 0 aromatic heterocycles. The van der Waals surface area contributed by atoms with E-state index >= 15 is 0 Å². The number of benzene rings is 2. The molecule has 1 fully saturated rings. The Hall–Kier alpha value is -3.04. The van der Waals surface area contributed by atoms with Gasteiger partial charge in [-0.05, 0) is 35.4 Å². The fourth-order valence-electron chi connectivity index (χ4n) is 3.28. The molecule has 0 amide bonds. The minimum absolute atomic E-state index is 0.0800. The Kier molecular flexibility index (Phi) is 16.6. The van der Waals surface area contributed by atoms with Gasteiger partial charge in [-0.3, -0.25) is 0 Å². The van der Waals surface area contributed by atoms with Crippen molar-refractivity contribution in [2.24, 2.45) is 0 Å².